The molecule has 6 nitrogen and oxygen atoms in total. The summed E-state index contributed by atoms with van der Waals surface area (Å²) in [5.41, 5.74) is 2.73. The number of aromatic nitrogens is 2. The van der Waals surface area contributed by atoms with Crippen molar-refractivity contribution in [1.29, 1.82) is 0 Å². The van der Waals surface area contributed by atoms with E-state index in [4.69, 9.17) is 16.3 Å². The second-order valence-corrected chi connectivity index (χ2v) is 8.70. The van der Waals surface area contributed by atoms with E-state index >= 15 is 0 Å². The first-order valence-corrected chi connectivity index (χ1v) is 11.8. The molecule has 0 aliphatic heterocycles. The van der Waals surface area contributed by atoms with Gasteiger partial charge < -0.3 is 10.1 Å². The van der Waals surface area contributed by atoms with E-state index in [1.165, 1.54) is 22.2 Å². The van der Waals surface area contributed by atoms with Gasteiger partial charge in [-0.15, -0.1) is 11.8 Å². The largest absolute Gasteiger partial charge is 0.483 e. The van der Waals surface area contributed by atoms with Crippen LogP contribution in [0.15, 0.2) is 82.6 Å². The summed E-state index contributed by atoms with van der Waals surface area (Å²) in [6.45, 7) is 1.96. The van der Waals surface area contributed by atoms with Crippen LogP contribution in [0, 0.1) is 0 Å². The molecule has 0 saturated heterocycles. The number of carbonyl (C=O) groups excluding carboxylic acids is 1. The number of rotatable bonds is 8. The van der Waals surface area contributed by atoms with Gasteiger partial charge in [0.05, 0.1) is 16.4 Å². The molecule has 2 aromatic carbocycles. The maximum absolute atomic E-state index is 12.5. The molecule has 8 heteroatoms. The number of hydrogen-bond acceptors (Lipinski definition) is 5. The van der Waals surface area contributed by atoms with Gasteiger partial charge in [0.15, 0.2) is 6.61 Å². The second kappa shape index (κ2) is 10.6. The van der Waals surface area contributed by atoms with E-state index in [0.717, 1.165) is 16.9 Å². The van der Waals surface area contributed by atoms with Crippen molar-refractivity contribution in [3.05, 3.63) is 99.6 Å². The minimum atomic E-state index is -0.243. The summed E-state index contributed by atoms with van der Waals surface area (Å²) in [5, 5.41) is 3.39. The monoisotopic (exact) mass is 479 g/mol. The fourth-order valence-corrected chi connectivity index (χ4v) is 4.38. The summed E-state index contributed by atoms with van der Waals surface area (Å²) in [6.07, 6.45) is 2.38. The van der Waals surface area contributed by atoms with Crippen LogP contribution in [0.1, 0.15) is 18.2 Å². The smallest absolute Gasteiger partial charge is 0.262 e. The Morgan fingerprint density at radius 1 is 1.12 bits per heavy atom. The highest BCUT2D eigenvalue weighted by Crippen LogP contribution is 2.29. The van der Waals surface area contributed by atoms with Crippen LogP contribution in [-0.2, 0) is 17.0 Å². The molecule has 168 valence electrons. The number of thioether (sulfide) groups is 1. The van der Waals surface area contributed by atoms with E-state index in [-0.39, 0.29) is 18.1 Å². The number of para-hydroxylation sites is 2. The number of amides is 1. The van der Waals surface area contributed by atoms with Gasteiger partial charge in [0, 0.05) is 22.9 Å². The Labute approximate surface area is 200 Å². The maximum Gasteiger partial charge on any atom is 0.262 e. The van der Waals surface area contributed by atoms with Crippen LogP contribution in [-0.4, -0.2) is 21.9 Å². The number of aryl methyl sites for hydroxylation is 1. The molecule has 0 saturated carbocycles. The highest BCUT2D eigenvalue weighted by molar-refractivity contribution is 7.98. The Morgan fingerprint density at radius 2 is 1.91 bits per heavy atom. The molecule has 0 fully saturated rings. The molecule has 2 heterocycles. The summed E-state index contributed by atoms with van der Waals surface area (Å²) in [4.78, 5) is 30.3. The topological polar surface area (TPSA) is 72.7 Å². The van der Waals surface area contributed by atoms with Crippen LogP contribution in [0.4, 0.5) is 5.69 Å². The van der Waals surface area contributed by atoms with Gasteiger partial charge in [-0.3, -0.25) is 14.0 Å². The number of fused-ring (bicyclic) bond motifs is 1. The maximum atomic E-state index is 12.5. The summed E-state index contributed by atoms with van der Waals surface area (Å²) in [5.74, 6) is 0.947. The van der Waals surface area contributed by atoms with Crippen molar-refractivity contribution in [1.82, 2.24) is 9.38 Å². The van der Waals surface area contributed by atoms with Gasteiger partial charge >= 0.3 is 0 Å². The Morgan fingerprint density at radius 3 is 2.76 bits per heavy atom. The summed E-state index contributed by atoms with van der Waals surface area (Å²) in [6, 6.07) is 20.1. The molecule has 0 aliphatic rings. The fourth-order valence-electron chi connectivity index (χ4n) is 3.31. The molecule has 4 aromatic rings. The number of carbonyl (C=O) groups is 1. The quantitative estimate of drug-likeness (QED) is 0.351. The molecule has 1 N–H and O–H groups in total. The lowest BCUT2D eigenvalue weighted by Gasteiger charge is -2.13. The molecule has 2 aromatic heterocycles. The van der Waals surface area contributed by atoms with Crippen molar-refractivity contribution in [3.63, 3.8) is 0 Å². The average Bonchev–Trinajstić information content (AvgIpc) is 2.83. The first-order valence-electron chi connectivity index (χ1n) is 10.4. The van der Waals surface area contributed by atoms with Crippen LogP contribution in [0.25, 0.3) is 5.65 Å². The van der Waals surface area contributed by atoms with E-state index in [1.807, 2.05) is 55.5 Å². The molecule has 1 amide bonds. The summed E-state index contributed by atoms with van der Waals surface area (Å²) >= 11 is 7.46. The van der Waals surface area contributed by atoms with Crippen molar-refractivity contribution in [2.45, 2.75) is 24.0 Å². The third-order valence-electron chi connectivity index (χ3n) is 4.93. The number of hydrogen-bond donors (Lipinski definition) is 1. The van der Waals surface area contributed by atoms with Crippen molar-refractivity contribution >= 4 is 40.6 Å². The lowest BCUT2D eigenvalue weighted by atomic mass is 10.1. The predicted octanol–water partition coefficient (Wildman–Crippen LogP) is 5.22. The molecular weight excluding hydrogens is 458 g/mol. The van der Waals surface area contributed by atoms with E-state index in [2.05, 4.69) is 10.3 Å². The number of benzene rings is 2. The Hall–Kier alpha value is -3.29. The van der Waals surface area contributed by atoms with Crippen molar-refractivity contribution in [2.75, 3.05) is 11.9 Å². The number of pyridine rings is 1. The van der Waals surface area contributed by atoms with Crippen LogP contribution in [0.3, 0.4) is 0 Å². The number of nitrogens with one attached hydrogen (secondary N) is 1. The summed E-state index contributed by atoms with van der Waals surface area (Å²) < 4.78 is 7.14. The first-order chi connectivity index (χ1) is 16.0. The molecule has 0 radical (unpaired) electrons. The third kappa shape index (κ3) is 5.74. The van der Waals surface area contributed by atoms with Crippen LogP contribution < -0.4 is 15.6 Å². The van der Waals surface area contributed by atoms with E-state index in [1.54, 1.807) is 18.3 Å². The normalized spacial score (nSPS) is 10.8. The van der Waals surface area contributed by atoms with Gasteiger partial charge in [0.1, 0.15) is 11.4 Å². The molecule has 0 bridgehead atoms. The van der Waals surface area contributed by atoms with Crippen molar-refractivity contribution in [2.24, 2.45) is 0 Å². The third-order valence-corrected chi connectivity index (χ3v) is 6.26. The SMILES string of the molecule is CCc1ccccc1OCC(=O)Nc1ccccc1SCc1cc(=O)n2cc(Cl)ccc2n1. The molecule has 0 spiro atoms. The van der Waals surface area contributed by atoms with Gasteiger partial charge in [-0.25, -0.2) is 4.98 Å². The Balaban J connectivity index is 1.42. The molecule has 33 heavy (non-hydrogen) atoms. The fraction of sp³-hybridized carbons (Fsp3) is 0.160. The molecule has 0 unspecified atom stereocenters. The zero-order valence-corrected chi connectivity index (χ0v) is 19.5. The van der Waals surface area contributed by atoms with Crippen LogP contribution in [0.5, 0.6) is 5.75 Å². The number of ether oxygens (including phenoxy) is 1. The second-order valence-electron chi connectivity index (χ2n) is 7.24. The zero-order chi connectivity index (χ0) is 23.2. The Kier molecular flexibility index (Phi) is 7.32. The van der Waals surface area contributed by atoms with Gasteiger partial charge in [0.2, 0.25) is 0 Å². The van der Waals surface area contributed by atoms with Gasteiger partial charge in [0.25, 0.3) is 11.5 Å². The molecule has 0 atom stereocenters. The van der Waals surface area contributed by atoms with Gasteiger partial charge in [-0.1, -0.05) is 48.9 Å². The van der Waals surface area contributed by atoms with Crippen LogP contribution >= 0.6 is 23.4 Å². The Bertz CT molecular complexity index is 1360. The molecule has 4 rings (SSSR count). The number of anilines is 1. The molecule has 0 aliphatic carbocycles. The van der Waals surface area contributed by atoms with E-state index in [9.17, 15) is 9.59 Å². The summed E-state index contributed by atoms with van der Waals surface area (Å²) in [7, 11) is 0. The first kappa shape index (κ1) is 22.9. The highest BCUT2D eigenvalue weighted by atomic mass is 35.5. The van der Waals surface area contributed by atoms with E-state index < -0.39 is 0 Å². The standard InChI is InChI=1S/C25H22ClN3O3S/c1-2-17-7-3-5-9-21(17)32-15-24(30)28-20-8-4-6-10-22(20)33-16-19-13-25(31)29-14-18(26)11-12-23(29)27-19/h3-14H,2,15-16H2,1H3,(H,28,30). The average molecular weight is 480 g/mol. The van der Waals surface area contributed by atoms with Gasteiger partial charge in [-0.2, -0.15) is 0 Å². The minimum absolute atomic E-state index is 0.0818. The lowest BCUT2D eigenvalue weighted by Crippen LogP contribution is -2.20. The van der Waals surface area contributed by atoms with Gasteiger partial charge in [-0.05, 0) is 42.3 Å². The van der Waals surface area contributed by atoms with E-state index in [0.29, 0.717) is 33.6 Å². The number of halogens is 1. The zero-order valence-electron chi connectivity index (χ0n) is 18.0. The van der Waals surface area contributed by atoms with Crippen molar-refractivity contribution in [3.8, 4) is 5.75 Å². The highest BCUT2D eigenvalue weighted by Gasteiger charge is 2.11. The number of nitrogens with zero attached hydrogens (tertiary/aromatic N) is 2. The molecular formula is C25H22ClN3O3S. The lowest BCUT2D eigenvalue weighted by molar-refractivity contribution is -0.118. The van der Waals surface area contributed by atoms with Crippen molar-refractivity contribution < 1.29 is 9.53 Å². The minimum Gasteiger partial charge on any atom is -0.483 e. The van der Waals surface area contributed by atoms with Crippen LogP contribution in [0.2, 0.25) is 5.02 Å². The predicted molar refractivity (Wildman–Crippen MR) is 132 cm³/mol.